The summed E-state index contributed by atoms with van der Waals surface area (Å²) in [6.07, 6.45) is 3.01. The van der Waals surface area contributed by atoms with Crippen LogP contribution in [0, 0.1) is 11.8 Å². The summed E-state index contributed by atoms with van der Waals surface area (Å²) in [6, 6.07) is 6.94. The van der Waals surface area contributed by atoms with E-state index >= 15 is 0 Å². The number of carbonyl (C=O) groups excluding carboxylic acids is 1. The Hall–Kier alpha value is -2.65. The molecule has 1 heterocycles. The topological polar surface area (TPSA) is 90.9 Å². The van der Waals surface area contributed by atoms with E-state index in [0.29, 0.717) is 12.1 Å². The number of hydrogen-bond acceptors (Lipinski definition) is 4. The van der Waals surface area contributed by atoms with Crippen molar-refractivity contribution in [1.82, 2.24) is 20.5 Å². The predicted molar refractivity (Wildman–Crippen MR) is 77.4 cm³/mol. The smallest absolute Gasteiger partial charge is 0.251 e. The average Bonchev–Trinajstić information content (AvgIpc) is 3.03. The largest absolute Gasteiger partial charge is 0.384 e. The van der Waals surface area contributed by atoms with Crippen LogP contribution in [0.2, 0.25) is 0 Å². The summed E-state index contributed by atoms with van der Waals surface area (Å²) < 4.78 is 0. The van der Waals surface area contributed by atoms with Crippen LogP contribution >= 0.6 is 0 Å². The van der Waals surface area contributed by atoms with Crippen LogP contribution in [0.15, 0.2) is 30.6 Å². The van der Waals surface area contributed by atoms with Crippen molar-refractivity contribution in [1.29, 1.82) is 0 Å². The van der Waals surface area contributed by atoms with E-state index in [0.717, 1.165) is 24.2 Å². The molecule has 1 aromatic heterocycles. The third kappa shape index (κ3) is 4.75. The molecule has 2 aromatic rings. The third-order valence-electron chi connectivity index (χ3n) is 2.80. The second-order valence-corrected chi connectivity index (χ2v) is 4.33. The molecule has 0 unspecified atom stereocenters. The Labute approximate surface area is 122 Å². The SMILES string of the molecule is O=C(NCCCc1ncn[nH]1)c1ccc(C#CCO)cc1. The van der Waals surface area contributed by atoms with Crippen LogP contribution in [0.5, 0.6) is 0 Å². The van der Waals surface area contributed by atoms with Gasteiger partial charge in [0, 0.05) is 24.1 Å². The van der Waals surface area contributed by atoms with E-state index in [4.69, 9.17) is 5.11 Å². The molecular formula is C15H16N4O2. The average molecular weight is 284 g/mol. The molecule has 2 rings (SSSR count). The van der Waals surface area contributed by atoms with Crippen LogP contribution < -0.4 is 5.32 Å². The third-order valence-corrected chi connectivity index (χ3v) is 2.80. The fourth-order valence-electron chi connectivity index (χ4n) is 1.76. The van der Waals surface area contributed by atoms with Gasteiger partial charge < -0.3 is 10.4 Å². The normalized spacial score (nSPS) is 9.76. The molecule has 0 saturated heterocycles. The molecule has 1 amide bonds. The molecule has 6 heteroatoms. The number of benzene rings is 1. The van der Waals surface area contributed by atoms with Crippen molar-refractivity contribution in [3.8, 4) is 11.8 Å². The first kappa shape index (κ1) is 14.8. The van der Waals surface area contributed by atoms with E-state index in [9.17, 15) is 4.79 Å². The molecule has 21 heavy (non-hydrogen) atoms. The summed E-state index contributed by atoms with van der Waals surface area (Å²) in [5.74, 6) is 6.04. The van der Waals surface area contributed by atoms with E-state index in [1.165, 1.54) is 6.33 Å². The number of aliphatic hydroxyl groups excluding tert-OH is 1. The highest BCUT2D eigenvalue weighted by Gasteiger charge is 2.04. The molecule has 108 valence electrons. The standard InChI is InChI=1S/C15H16N4O2/c20-10-2-3-12-5-7-13(8-6-12)15(21)16-9-1-4-14-17-11-18-19-14/h5-8,11,20H,1,4,9-10H2,(H,16,21)(H,17,18,19). The molecule has 0 bridgehead atoms. The lowest BCUT2D eigenvalue weighted by molar-refractivity contribution is 0.0953. The monoisotopic (exact) mass is 284 g/mol. The van der Waals surface area contributed by atoms with Crippen molar-refractivity contribution in [2.24, 2.45) is 0 Å². The zero-order valence-electron chi connectivity index (χ0n) is 11.5. The van der Waals surface area contributed by atoms with Crippen LogP contribution in [0.3, 0.4) is 0 Å². The number of hydrogen-bond donors (Lipinski definition) is 3. The minimum atomic E-state index is -0.173. The van der Waals surface area contributed by atoms with Crippen molar-refractivity contribution < 1.29 is 9.90 Å². The lowest BCUT2D eigenvalue weighted by Crippen LogP contribution is -2.24. The van der Waals surface area contributed by atoms with Gasteiger partial charge in [-0.3, -0.25) is 9.89 Å². The van der Waals surface area contributed by atoms with Crippen LogP contribution in [-0.4, -0.2) is 39.3 Å². The second-order valence-electron chi connectivity index (χ2n) is 4.33. The van der Waals surface area contributed by atoms with E-state index in [-0.39, 0.29) is 12.5 Å². The Morgan fingerprint density at radius 1 is 1.33 bits per heavy atom. The molecular weight excluding hydrogens is 268 g/mol. The number of amides is 1. The summed E-state index contributed by atoms with van der Waals surface area (Å²) in [7, 11) is 0. The van der Waals surface area contributed by atoms with Crippen molar-refractivity contribution in [2.45, 2.75) is 12.8 Å². The number of rotatable bonds is 5. The quantitative estimate of drug-likeness (QED) is 0.551. The van der Waals surface area contributed by atoms with Gasteiger partial charge in [0.25, 0.3) is 5.91 Å². The fraction of sp³-hybridized carbons (Fsp3) is 0.267. The predicted octanol–water partition coefficient (Wildman–Crippen LogP) is 0.511. The zero-order valence-corrected chi connectivity index (χ0v) is 11.5. The van der Waals surface area contributed by atoms with Crippen molar-refractivity contribution in [3.63, 3.8) is 0 Å². The van der Waals surface area contributed by atoms with Gasteiger partial charge in [-0.1, -0.05) is 11.8 Å². The molecule has 0 fully saturated rings. The van der Waals surface area contributed by atoms with E-state index < -0.39 is 0 Å². The lowest BCUT2D eigenvalue weighted by Gasteiger charge is -2.04. The van der Waals surface area contributed by atoms with Crippen LogP contribution in [0.4, 0.5) is 0 Å². The summed E-state index contributed by atoms with van der Waals surface area (Å²) in [6.45, 7) is 0.402. The Morgan fingerprint density at radius 3 is 2.81 bits per heavy atom. The Morgan fingerprint density at radius 2 is 2.14 bits per heavy atom. The van der Waals surface area contributed by atoms with Crippen LogP contribution in [-0.2, 0) is 6.42 Å². The minimum Gasteiger partial charge on any atom is -0.384 e. The van der Waals surface area contributed by atoms with Gasteiger partial charge >= 0.3 is 0 Å². The Kier molecular flexibility index (Phi) is 5.50. The first-order valence-electron chi connectivity index (χ1n) is 6.62. The molecule has 1 aromatic carbocycles. The van der Waals surface area contributed by atoms with Crippen molar-refractivity contribution in [3.05, 3.63) is 47.5 Å². The molecule has 0 aliphatic rings. The number of aromatic amines is 1. The highest BCUT2D eigenvalue weighted by molar-refractivity contribution is 5.94. The van der Waals surface area contributed by atoms with Gasteiger partial charge in [-0.05, 0) is 30.7 Å². The van der Waals surface area contributed by atoms with Gasteiger partial charge in [0.2, 0.25) is 0 Å². The number of H-pyrrole nitrogens is 1. The minimum absolute atomic E-state index is 0.116. The van der Waals surface area contributed by atoms with Gasteiger partial charge in [0.05, 0.1) is 0 Å². The van der Waals surface area contributed by atoms with Gasteiger partial charge in [-0.15, -0.1) is 0 Å². The van der Waals surface area contributed by atoms with Crippen LogP contribution in [0.1, 0.15) is 28.2 Å². The Bertz CT molecular complexity index is 624. The summed E-state index contributed by atoms with van der Waals surface area (Å²) in [4.78, 5) is 15.9. The fourth-order valence-corrected chi connectivity index (χ4v) is 1.76. The van der Waals surface area contributed by atoms with E-state index in [2.05, 4.69) is 32.3 Å². The number of aliphatic hydroxyl groups is 1. The molecule has 0 spiro atoms. The molecule has 0 atom stereocenters. The maximum atomic E-state index is 11.9. The number of nitrogens with zero attached hydrogens (tertiary/aromatic N) is 2. The van der Waals surface area contributed by atoms with Crippen molar-refractivity contribution in [2.75, 3.05) is 13.2 Å². The van der Waals surface area contributed by atoms with Gasteiger partial charge in [-0.25, -0.2) is 4.98 Å². The van der Waals surface area contributed by atoms with Gasteiger partial charge in [-0.2, -0.15) is 5.10 Å². The van der Waals surface area contributed by atoms with E-state index in [1.807, 2.05) is 0 Å². The first-order chi connectivity index (χ1) is 10.3. The molecule has 0 saturated carbocycles. The molecule has 3 N–H and O–H groups in total. The zero-order chi connectivity index (χ0) is 14.9. The summed E-state index contributed by atoms with van der Waals surface area (Å²) in [5.41, 5.74) is 1.36. The highest BCUT2D eigenvalue weighted by Crippen LogP contribution is 2.03. The maximum absolute atomic E-state index is 11.9. The first-order valence-corrected chi connectivity index (χ1v) is 6.62. The second kappa shape index (κ2) is 7.82. The van der Waals surface area contributed by atoms with Gasteiger partial charge in [0.15, 0.2) is 0 Å². The van der Waals surface area contributed by atoms with Crippen molar-refractivity contribution >= 4 is 5.91 Å². The molecule has 0 radical (unpaired) electrons. The van der Waals surface area contributed by atoms with Crippen LogP contribution in [0.25, 0.3) is 0 Å². The van der Waals surface area contributed by atoms with Gasteiger partial charge in [0.1, 0.15) is 18.8 Å². The Balaban J connectivity index is 1.77. The number of aryl methyl sites for hydroxylation is 1. The molecule has 0 aliphatic carbocycles. The molecule has 0 aliphatic heterocycles. The summed E-state index contributed by atoms with van der Waals surface area (Å²) >= 11 is 0. The number of nitrogens with one attached hydrogen (secondary N) is 2. The van der Waals surface area contributed by atoms with E-state index in [1.54, 1.807) is 24.3 Å². The number of carbonyl (C=O) groups is 1. The molecule has 6 nitrogen and oxygen atoms in total. The lowest BCUT2D eigenvalue weighted by atomic mass is 10.1. The summed E-state index contributed by atoms with van der Waals surface area (Å²) in [5, 5.41) is 18.0. The number of aromatic nitrogens is 3. The highest BCUT2D eigenvalue weighted by atomic mass is 16.2. The maximum Gasteiger partial charge on any atom is 0.251 e.